The number of aryl methyl sites for hydroxylation is 1. The van der Waals surface area contributed by atoms with Crippen LogP contribution in [0.15, 0.2) is 36.7 Å². The molecule has 0 aliphatic carbocycles. The summed E-state index contributed by atoms with van der Waals surface area (Å²) in [6, 6.07) is 9.95. The van der Waals surface area contributed by atoms with Crippen LogP contribution in [-0.4, -0.2) is 9.97 Å². The molecule has 0 aliphatic heterocycles. The van der Waals surface area contributed by atoms with Gasteiger partial charge in [0.15, 0.2) is 0 Å². The molecule has 0 amide bonds. The lowest BCUT2D eigenvalue weighted by Gasteiger charge is -1.95. The maximum atomic E-state index is 5.88. The number of rotatable bonds is 1. The van der Waals surface area contributed by atoms with E-state index in [9.17, 15) is 0 Å². The van der Waals surface area contributed by atoms with Crippen LogP contribution in [0.3, 0.4) is 0 Å². The van der Waals surface area contributed by atoms with Crippen molar-refractivity contribution >= 4 is 33.2 Å². The van der Waals surface area contributed by atoms with Gasteiger partial charge in [-0.2, -0.15) is 0 Å². The lowest BCUT2D eigenvalue weighted by molar-refractivity contribution is 1.16. The lowest BCUT2D eigenvalue weighted by Crippen LogP contribution is -1.80. The molecule has 3 aromatic rings. The molecule has 2 nitrogen and oxygen atoms in total. The monoisotopic (exact) mass is 260 g/mol. The number of aromatic nitrogens is 2. The van der Waals surface area contributed by atoms with Gasteiger partial charge in [0.1, 0.15) is 6.33 Å². The van der Waals surface area contributed by atoms with Crippen molar-refractivity contribution in [1.82, 2.24) is 9.97 Å². The van der Waals surface area contributed by atoms with Crippen LogP contribution in [0.25, 0.3) is 20.7 Å². The molecule has 0 saturated heterocycles. The number of halogens is 1. The predicted molar refractivity (Wildman–Crippen MR) is 72.6 cm³/mol. The topological polar surface area (TPSA) is 25.8 Å². The van der Waals surface area contributed by atoms with Crippen LogP contribution in [-0.2, 0) is 0 Å². The van der Waals surface area contributed by atoms with Gasteiger partial charge in [-0.15, -0.1) is 11.3 Å². The Kier molecular flexibility index (Phi) is 2.57. The molecule has 0 radical (unpaired) electrons. The zero-order valence-corrected chi connectivity index (χ0v) is 10.7. The molecule has 3 rings (SSSR count). The van der Waals surface area contributed by atoms with Crippen molar-refractivity contribution in [2.45, 2.75) is 6.92 Å². The molecule has 2 heterocycles. The van der Waals surface area contributed by atoms with Gasteiger partial charge in [-0.3, -0.25) is 0 Å². The summed E-state index contributed by atoms with van der Waals surface area (Å²) < 4.78 is 1.15. The zero-order chi connectivity index (χ0) is 11.8. The van der Waals surface area contributed by atoms with E-state index < -0.39 is 0 Å². The van der Waals surface area contributed by atoms with Crippen molar-refractivity contribution in [2.75, 3.05) is 0 Å². The van der Waals surface area contributed by atoms with E-state index in [1.54, 1.807) is 17.7 Å². The van der Waals surface area contributed by atoms with E-state index in [2.05, 4.69) is 16.0 Å². The normalized spacial score (nSPS) is 10.9. The first-order chi connectivity index (χ1) is 8.24. The Labute approximate surface area is 108 Å². The van der Waals surface area contributed by atoms with Crippen molar-refractivity contribution in [3.8, 4) is 10.4 Å². The predicted octanol–water partition coefficient (Wildman–Crippen LogP) is 4.32. The second-order valence-electron chi connectivity index (χ2n) is 3.79. The molecular weight excluding hydrogens is 252 g/mol. The van der Waals surface area contributed by atoms with Crippen molar-refractivity contribution in [3.63, 3.8) is 0 Å². The van der Waals surface area contributed by atoms with E-state index in [1.165, 1.54) is 4.88 Å². The fourth-order valence-electron chi connectivity index (χ4n) is 1.73. The second kappa shape index (κ2) is 4.09. The van der Waals surface area contributed by atoms with E-state index in [0.717, 1.165) is 26.5 Å². The first kappa shape index (κ1) is 10.7. The molecule has 0 saturated carbocycles. The molecule has 2 aromatic heterocycles. The van der Waals surface area contributed by atoms with Crippen LogP contribution in [0.1, 0.15) is 5.69 Å². The Morgan fingerprint density at radius 2 is 1.88 bits per heavy atom. The van der Waals surface area contributed by atoms with Gasteiger partial charge in [-0.1, -0.05) is 23.7 Å². The van der Waals surface area contributed by atoms with E-state index in [4.69, 9.17) is 11.6 Å². The Morgan fingerprint density at radius 1 is 1.12 bits per heavy atom. The maximum Gasteiger partial charge on any atom is 0.116 e. The van der Waals surface area contributed by atoms with Gasteiger partial charge in [0.25, 0.3) is 0 Å². The Bertz CT molecular complexity index is 673. The van der Waals surface area contributed by atoms with Gasteiger partial charge >= 0.3 is 0 Å². The molecule has 4 heteroatoms. The molecular formula is C13H9ClN2S. The van der Waals surface area contributed by atoms with Crippen molar-refractivity contribution in [2.24, 2.45) is 0 Å². The largest absolute Gasteiger partial charge is 0.240 e. The van der Waals surface area contributed by atoms with E-state index in [1.807, 2.05) is 31.2 Å². The van der Waals surface area contributed by atoms with Crippen LogP contribution in [0.2, 0.25) is 5.02 Å². The summed E-state index contributed by atoms with van der Waals surface area (Å²) in [6.07, 6.45) is 1.61. The smallest absolute Gasteiger partial charge is 0.116 e. The summed E-state index contributed by atoms with van der Waals surface area (Å²) in [5.41, 5.74) is 3.20. The van der Waals surface area contributed by atoms with E-state index in [0.29, 0.717) is 0 Å². The molecule has 84 valence electrons. The Balaban J connectivity index is 2.18. The number of thiophene rings is 1. The standard InChI is InChI=1S/C13H9ClN2S/c1-8-13-11(16-7-15-8)6-12(17-13)9-2-4-10(14)5-3-9/h2-7H,1H3. The molecule has 0 atom stereocenters. The summed E-state index contributed by atoms with van der Waals surface area (Å²) in [6.45, 7) is 2.01. The van der Waals surface area contributed by atoms with Gasteiger partial charge < -0.3 is 0 Å². The summed E-state index contributed by atoms with van der Waals surface area (Å²) in [5, 5.41) is 0.755. The first-order valence-electron chi connectivity index (χ1n) is 5.21. The number of benzene rings is 1. The van der Waals surface area contributed by atoms with Gasteiger partial charge in [0, 0.05) is 9.90 Å². The average Bonchev–Trinajstić information content (AvgIpc) is 2.75. The fraction of sp³-hybridized carbons (Fsp3) is 0.0769. The minimum atomic E-state index is 0.755. The molecule has 1 aromatic carbocycles. The summed E-state index contributed by atoms with van der Waals surface area (Å²) >= 11 is 7.60. The van der Waals surface area contributed by atoms with Gasteiger partial charge in [-0.05, 0) is 30.7 Å². The van der Waals surface area contributed by atoms with Crippen molar-refractivity contribution < 1.29 is 0 Å². The maximum absolute atomic E-state index is 5.88. The third-order valence-corrected chi connectivity index (χ3v) is 4.15. The quantitative estimate of drug-likeness (QED) is 0.651. The number of hydrogen-bond donors (Lipinski definition) is 0. The molecule has 0 aliphatic rings. The van der Waals surface area contributed by atoms with Crippen molar-refractivity contribution in [3.05, 3.63) is 47.4 Å². The fourth-order valence-corrected chi connectivity index (χ4v) is 2.92. The Hall–Kier alpha value is -1.45. The van der Waals surface area contributed by atoms with Gasteiger partial charge in [-0.25, -0.2) is 9.97 Å². The van der Waals surface area contributed by atoms with Crippen molar-refractivity contribution in [1.29, 1.82) is 0 Å². The van der Waals surface area contributed by atoms with Gasteiger partial charge in [0.05, 0.1) is 15.9 Å². The summed E-state index contributed by atoms with van der Waals surface area (Å²) in [5.74, 6) is 0. The van der Waals surface area contributed by atoms with Crippen LogP contribution >= 0.6 is 22.9 Å². The Morgan fingerprint density at radius 3 is 2.59 bits per heavy atom. The first-order valence-corrected chi connectivity index (χ1v) is 6.40. The van der Waals surface area contributed by atoms with Crippen LogP contribution < -0.4 is 0 Å². The number of fused-ring (bicyclic) bond motifs is 1. The molecule has 0 unspecified atom stereocenters. The summed E-state index contributed by atoms with van der Waals surface area (Å²) in [4.78, 5) is 9.68. The number of hydrogen-bond acceptors (Lipinski definition) is 3. The molecule has 0 bridgehead atoms. The van der Waals surface area contributed by atoms with E-state index >= 15 is 0 Å². The number of nitrogens with zero attached hydrogens (tertiary/aromatic N) is 2. The van der Waals surface area contributed by atoms with Crippen LogP contribution in [0.5, 0.6) is 0 Å². The molecule has 0 spiro atoms. The lowest BCUT2D eigenvalue weighted by atomic mass is 10.2. The molecule has 17 heavy (non-hydrogen) atoms. The second-order valence-corrected chi connectivity index (χ2v) is 5.28. The molecule has 0 fully saturated rings. The zero-order valence-electron chi connectivity index (χ0n) is 9.14. The SMILES string of the molecule is Cc1ncnc2cc(-c3ccc(Cl)cc3)sc12. The van der Waals surface area contributed by atoms with Crippen LogP contribution in [0.4, 0.5) is 0 Å². The average molecular weight is 261 g/mol. The van der Waals surface area contributed by atoms with E-state index in [-0.39, 0.29) is 0 Å². The van der Waals surface area contributed by atoms with Gasteiger partial charge in [0.2, 0.25) is 0 Å². The third-order valence-electron chi connectivity index (χ3n) is 2.62. The highest BCUT2D eigenvalue weighted by atomic mass is 35.5. The highest BCUT2D eigenvalue weighted by Gasteiger charge is 2.07. The minimum Gasteiger partial charge on any atom is -0.240 e. The highest BCUT2D eigenvalue weighted by molar-refractivity contribution is 7.22. The molecule has 0 N–H and O–H groups in total. The third kappa shape index (κ3) is 1.92. The minimum absolute atomic E-state index is 0.755. The van der Waals surface area contributed by atoms with Crippen LogP contribution in [0, 0.1) is 6.92 Å². The highest BCUT2D eigenvalue weighted by Crippen LogP contribution is 2.33. The summed E-state index contributed by atoms with van der Waals surface area (Å²) in [7, 11) is 0.